The molecule has 0 unspecified atom stereocenters. The Morgan fingerprint density at radius 2 is 1.37 bits per heavy atom. The van der Waals surface area contributed by atoms with Crippen LogP contribution in [0.3, 0.4) is 0 Å². The summed E-state index contributed by atoms with van der Waals surface area (Å²) in [6, 6.07) is 31.3. The molecule has 194 valence electrons. The van der Waals surface area contributed by atoms with Gasteiger partial charge in [0.25, 0.3) is 5.91 Å². The van der Waals surface area contributed by atoms with Gasteiger partial charge in [-0.05, 0) is 47.0 Å². The van der Waals surface area contributed by atoms with E-state index in [1.54, 1.807) is 18.2 Å². The third kappa shape index (κ3) is 7.70. The van der Waals surface area contributed by atoms with E-state index in [9.17, 15) is 9.59 Å². The molecule has 0 aliphatic heterocycles. The fourth-order valence-corrected chi connectivity index (χ4v) is 4.22. The number of hydrogen-bond acceptors (Lipinski definition) is 5. The van der Waals surface area contributed by atoms with Gasteiger partial charge >= 0.3 is 5.97 Å². The molecule has 0 aliphatic carbocycles. The summed E-state index contributed by atoms with van der Waals surface area (Å²) in [5.41, 5.74) is 3.27. The molecular weight excluding hydrogens is 546 g/mol. The van der Waals surface area contributed by atoms with Gasteiger partial charge in [0, 0.05) is 16.5 Å². The van der Waals surface area contributed by atoms with E-state index in [0.717, 1.165) is 21.2 Å². The van der Waals surface area contributed by atoms with Crippen molar-refractivity contribution in [1.82, 2.24) is 5.32 Å². The zero-order valence-corrected chi connectivity index (χ0v) is 22.5. The maximum atomic E-state index is 12.8. The van der Waals surface area contributed by atoms with E-state index in [-0.39, 0.29) is 12.3 Å². The maximum Gasteiger partial charge on any atom is 0.328 e. The van der Waals surface area contributed by atoms with Crippen LogP contribution in [0.15, 0.2) is 108 Å². The smallest absolute Gasteiger partial charge is 0.328 e. The molecule has 0 bridgehead atoms. The Balaban J connectivity index is 1.54. The Morgan fingerprint density at radius 1 is 0.737 bits per heavy atom. The first kappa shape index (κ1) is 26.9. The van der Waals surface area contributed by atoms with Crippen molar-refractivity contribution in [3.05, 3.63) is 130 Å². The Bertz CT molecular complexity index is 1360. The molecule has 0 aliphatic rings. The highest BCUT2D eigenvalue weighted by atomic mass is 79.9. The van der Waals surface area contributed by atoms with E-state index in [1.807, 2.05) is 84.9 Å². The predicted octanol–water partition coefficient (Wildman–Crippen LogP) is 6.12. The van der Waals surface area contributed by atoms with Crippen LogP contribution in [0.4, 0.5) is 0 Å². The molecule has 6 nitrogen and oxygen atoms in total. The first-order valence-electron chi connectivity index (χ1n) is 12.1. The standard InChI is InChI=1S/C31H28BrNO5/c1-36-31(35)27(33-30(34)25-13-8-14-26(32)19-25)17-24-15-16-28(37-20-22-9-4-2-5-10-22)29(18-24)38-21-23-11-6-3-7-12-23/h2-16,18-19,27H,17,20-21H2,1H3,(H,33,34)/t27-/m1/s1. The molecule has 38 heavy (non-hydrogen) atoms. The fraction of sp³-hybridized carbons (Fsp3) is 0.161. The van der Waals surface area contributed by atoms with E-state index in [1.165, 1.54) is 7.11 Å². The SMILES string of the molecule is COC(=O)[C@@H](Cc1ccc(OCc2ccccc2)c(OCc2ccccc2)c1)NC(=O)c1cccc(Br)c1. The lowest BCUT2D eigenvalue weighted by atomic mass is 10.0. The molecule has 4 aromatic carbocycles. The molecule has 0 radical (unpaired) electrons. The minimum absolute atomic E-state index is 0.215. The summed E-state index contributed by atoms with van der Waals surface area (Å²) < 4.78 is 18.0. The highest BCUT2D eigenvalue weighted by molar-refractivity contribution is 9.10. The van der Waals surface area contributed by atoms with Gasteiger partial charge in [-0.25, -0.2) is 4.79 Å². The number of benzene rings is 4. The quantitative estimate of drug-likeness (QED) is 0.219. The predicted molar refractivity (Wildman–Crippen MR) is 149 cm³/mol. The van der Waals surface area contributed by atoms with Gasteiger partial charge in [-0.3, -0.25) is 4.79 Å². The largest absolute Gasteiger partial charge is 0.485 e. The lowest BCUT2D eigenvalue weighted by Gasteiger charge is -2.19. The molecule has 0 fully saturated rings. The van der Waals surface area contributed by atoms with Crippen molar-refractivity contribution in [3.63, 3.8) is 0 Å². The molecule has 1 N–H and O–H groups in total. The second-order valence-corrected chi connectivity index (χ2v) is 9.51. The third-order valence-corrected chi connectivity index (χ3v) is 6.29. The summed E-state index contributed by atoms with van der Waals surface area (Å²) in [6.07, 6.45) is 0.215. The van der Waals surface area contributed by atoms with E-state index >= 15 is 0 Å². The minimum atomic E-state index is -0.885. The van der Waals surface area contributed by atoms with E-state index < -0.39 is 12.0 Å². The molecule has 4 aromatic rings. The molecule has 1 amide bonds. The highest BCUT2D eigenvalue weighted by Crippen LogP contribution is 2.31. The molecular formula is C31H28BrNO5. The van der Waals surface area contributed by atoms with Gasteiger partial charge in [-0.15, -0.1) is 0 Å². The van der Waals surface area contributed by atoms with Crippen LogP contribution >= 0.6 is 15.9 Å². The highest BCUT2D eigenvalue weighted by Gasteiger charge is 2.23. The summed E-state index contributed by atoms with van der Waals surface area (Å²) in [5.74, 6) is 0.222. The Hall–Kier alpha value is -4.10. The number of methoxy groups -OCH3 is 1. The molecule has 0 saturated carbocycles. The number of carbonyl (C=O) groups is 2. The van der Waals surface area contributed by atoms with Gasteiger partial charge in [0.1, 0.15) is 19.3 Å². The zero-order valence-electron chi connectivity index (χ0n) is 20.9. The lowest BCUT2D eigenvalue weighted by molar-refractivity contribution is -0.142. The Labute approximate surface area is 230 Å². The normalized spacial score (nSPS) is 11.3. The van der Waals surface area contributed by atoms with Crippen LogP contribution in [-0.4, -0.2) is 25.0 Å². The van der Waals surface area contributed by atoms with Crippen molar-refractivity contribution >= 4 is 27.8 Å². The van der Waals surface area contributed by atoms with Gasteiger partial charge in [0.15, 0.2) is 11.5 Å². The average molecular weight is 574 g/mol. The van der Waals surface area contributed by atoms with E-state index in [2.05, 4.69) is 21.2 Å². The van der Waals surface area contributed by atoms with Gasteiger partial charge < -0.3 is 19.5 Å². The van der Waals surface area contributed by atoms with Crippen LogP contribution in [0.25, 0.3) is 0 Å². The molecule has 0 heterocycles. The van der Waals surface area contributed by atoms with Crippen molar-refractivity contribution in [1.29, 1.82) is 0 Å². The van der Waals surface area contributed by atoms with Crippen molar-refractivity contribution in [2.75, 3.05) is 7.11 Å². The molecule has 0 spiro atoms. The van der Waals surface area contributed by atoms with Crippen molar-refractivity contribution in [3.8, 4) is 11.5 Å². The number of ether oxygens (including phenoxy) is 3. The topological polar surface area (TPSA) is 73.9 Å². The van der Waals surface area contributed by atoms with Gasteiger partial charge in [-0.1, -0.05) is 88.7 Å². The average Bonchev–Trinajstić information content (AvgIpc) is 2.95. The second-order valence-electron chi connectivity index (χ2n) is 8.59. The van der Waals surface area contributed by atoms with Gasteiger partial charge in [0.2, 0.25) is 0 Å². The van der Waals surface area contributed by atoms with Crippen LogP contribution in [0, 0.1) is 0 Å². The summed E-state index contributed by atoms with van der Waals surface area (Å²) in [7, 11) is 1.30. The first-order valence-corrected chi connectivity index (χ1v) is 12.9. The number of halogens is 1. The summed E-state index contributed by atoms with van der Waals surface area (Å²) in [5, 5.41) is 2.79. The molecule has 0 aromatic heterocycles. The van der Waals surface area contributed by atoms with Crippen LogP contribution in [0.1, 0.15) is 27.0 Å². The number of amides is 1. The summed E-state index contributed by atoms with van der Waals surface area (Å²) >= 11 is 3.37. The first-order chi connectivity index (χ1) is 18.5. The molecule has 7 heteroatoms. The number of carbonyl (C=O) groups excluding carboxylic acids is 2. The maximum absolute atomic E-state index is 12.8. The third-order valence-electron chi connectivity index (χ3n) is 5.80. The number of nitrogens with one attached hydrogen (secondary N) is 1. The van der Waals surface area contributed by atoms with Crippen LogP contribution in [0.2, 0.25) is 0 Å². The van der Waals surface area contributed by atoms with Crippen molar-refractivity contribution < 1.29 is 23.8 Å². The Morgan fingerprint density at radius 3 is 1.97 bits per heavy atom. The molecule has 4 rings (SSSR count). The van der Waals surface area contributed by atoms with Crippen molar-refractivity contribution in [2.45, 2.75) is 25.7 Å². The van der Waals surface area contributed by atoms with Gasteiger partial charge in [0.05, 0.1) is 7.11 Å². The second kappa shape index (κ2) is 13.4. The Kier molecular flexibility index (Phi) is 9.54. The van der Waals surface area contributed by atoms with Crippen LogP contribution in [0.5, 0.6) is 11.5 Å². The van der Waals surface area contributed by atoms with Gasteiger partial charge in [-0.2, -0.15) is 0 Å². The number of rotatable bonds is 11. The van der Waals surface area contributed by atoms with Crippen molar-refractivity contribution in [2.24, 2.45) is 0 Å². The zero-order chi connectivity index (χ0) is 26.7. The number of esters is 1. The molecule has 0 saturated heterocycles. The van der Waals surface area contributed by atoms with E-state index in [0.29, 0.717) is 30.3 Å². The summed E-state index contributed by atoms with van der Waals surface area (Å²) in [6.45, 7) is 0.738. The van der Waals surface area contributed by atoms with Crippen LogP contribution < -0.4 is 14.8 Å². The number of hydrogen-bond donors (Lipinski definition) is 1. The van der Waals surface area contributed by atoms with E-state index in [4.69, 9.17) is 14.2 Å². The monoisotopic (exact) mass is 573 g/mol. The van der Waals surface area contributed by atoms with Crippen LogP contribution in [-0.2, 0) is 29.2 Å². The lowest BCUT2D eigenvalue weighted by Crippen LogP contribution is -2.43. The summed E-state index contributed by atoms with van der Waals surface area (Å²) in [4.78, 5) is 25.4. The molecule has 1 atom stereocenters. The minimum Gasteiger partial charge on any atom is -0.485 e. The fourth-order valence-electron chi connectivity index (χ4n) is 3.82.